The summed E-state index contributed by atoms with van der Waals surface area (Å²) in [5.41, 5.74) is 3.28. The van der Waals surface area contributed by atoms with Crippen molar-refractivity contribution in [3.8, 4) is 5.75 Å². The van der Waals surface area contributed by atoms with E-state index in [0.717, 1.165) is 92.3 Å². The molecule has 310 valence electrons. The van der Waals surface area contributed by atoms with Crippen molar-refractivity contribution in [1.82, 2.24) is 24.8 Å². The average Bonchev–Trinajstić information content (AvgIpc) is 4.04. The Labute approximate surface area is 351 Å². The SMILES string of the molecule is CN(CCCn1nnc2cc(CCC[C@H](O)c3ccc(O)c4c3C=CC(=O)C4)ccc21)C(=O)CCN1CCC2(CC1)CC(OC(=O)C(O)(c1cccs1)c1cccs1)C2. The Morgan fingerprint density at radius 2 is 1.76 bits per heavy atom. The van der Waals surface area contributed by atoms with Gasteiger partial charge in [-0.2, -0.15) is 0 Å². The molecule has 59 heavy (non-hydrogen) atoms. The van der Waals surface area contributed by atoms with Crippen LogP contribution in [-0.4, -0.2) is 97.1 Å². The number of ketones is 1. The number of aryl methyl sites for hydroxylation is 2. The number of carbonyl (C=O) groups excluding carboxylic acids is 3. The number of aliphatic hydroxyl groups is 2. The van der Waals surface area contributed by atoms with Gasteiger partial charge in [0.1, 0.15) is 17.4 Å². The molecule has 1 saturated carbocycles. The van der Waals surface area contributed by atoms with Gasteiger partial charge in [-0.15, -0.1) is 27.8 Å². The highest BCUT2D eigenvalue weighted by Gasteiger charge is 2.51. The number of aromatic nitrogens is 3. The molecule has 0 unspecified atom stereocenters. The van der Waals surface area contributed by atoms with E-state index in [1.165, 1.54) is 28.7 Å². The van der Waals surface area contributed by atoms with Crippen LogP contribution in [0.1, 0.15) is 89.5 Å². The van der Waals surface area contributed by atoms with Crippen LogP contribution >= 0.6 is 22.7 Å². The molecule has 5 aromatic rings. The van der Waals surface area contributed by atoms with Crippen molar-refractivity contribution in [2.75, 3.05) is 33.2 Å². The minimum absolute atomic E-state index is 0.0615. The summed E-state index contributed by atoms with van der Waals surface area (Å²) in [7, 11) is 1.86. The number of benzene rings is 2. The second-order valence-electron chi connectivity index (χ2n) is 16.4. The topological polar surface area (TPSA) is 158 Å². The highest BCUT2D eigenvalue weighted by Crippen LogP contribution is 2.51. The average molecular weight is 838 g/mol. The van der Waals surface area contributed by atoms with E-state index in [1.807, 2.05) is 46.8 Å². The number of aromatic hydroxyl groups is 1. The van der Waals surface area contributed by atoms with Crippen LogP contribution in [0.5, 0.6) is 5.75 Å². The zero-order valence-electron chi connectivity index (χ0n) is 33.3. The Morgan fingerprint density at radius 1 is 1.02 bits per heavy atom. The molecule has 2 fully saturated rings. The number of hydrogen-bond donors (Lipinski definition) is 3. The Bertz CT molecular complexity index is 2270. The number of allylic oxidation sites excluding steroid dienone is 1. The number of rotatable bonds is 16. The number of piperidine rings is 1. The first kappa shape index (κ1) is 41.0. The van der Waals surface area contributed by atoms with E-state index in [2.05, 4.69) is 21.3 Å². The number of thiophene rings is 2. The predicted molar refractivity (Wildman–Crippen MR) is 227 cm³/mol. The van der Waals surface area contributed by atoms with Crippen molar-refractivity contribution in [2.24, 2.45) is 5.41 Å². The molecular formula is C45H51N5O7S2. The summed E-state index contributed by atoms with van der Waals surface area (Å²) in [6, 6.07) is 16.7. The van der Waals surface area contributed by atoms with Crippen LogP contribution in [0.15, 0.2) is 71.4 Å². The number of ether oxygens (including phenoxy) is 1. The Morgan fingerprint density at radius 3 is 2.47 bits per heavy atom. The van der Waals surface area contributed by atoms with Crippen LogP contribution in [-0.2, 0) is 44.1 Å². The first-order valence-electron chi connectivity index (χ1n) is 20.5. The number of esters is 1. The monoisotopic (exact) mass is 837 g/mol. The number of likely N-dealkylation sites (tertiary alicyclic amines) is 1. The zero-order valence-corrected chi connectivity index (χ0v) is 34.9. The number of hydrogen-bond acceptors (Lipinski definition) is 12. The van der Waals surface area contributed by atoms with Gasteiger partial charge in [0.25, 0.3) is 0 Å². The van der Waals surface area contributed by atoms with Crippen molar-refractivity contribution >= 4 is 57.4 Å². The van der Waals surface area contributed by atoms with Crippen molar-refractivity contribution in [2.45, 2.75) is 88.6 Å². The molecule has 2 aromatic carbocycles. The van der Waals surface area contributed by atoms with Crippen molar-refractivity contribution in [3.05, 3.63) is 103 Å². The standard InChI is InChI=1S/C45H51N5O7S2/c1-48(42(54)16-21-49-22-17-44(18-23-49)28-32(29-44)57-43(55)45(56,40-8-3-24-58-40)41-9-4-25-59-41)19-5-20-50-37-14-10-30(26-36(37)46-47-50)6-2-7-38(52)34-13-15-39(53)35-27-31(51)11-12-33(34)35/h3-4,8-15,24-26,32,38,52-53,56H,2,5-7,16-23,27-29H2,1H3/t38-/m0/s1. The lowest BCUT2D eigenvalue weighted by Gasteiger charge is -2.51. The summed E-state index contributed by atoms with van der Waals surface area (Å²) in [6.07, 6.45) is 9.32. The van der Waals surface area contributed by atoms with Gasteiger partial charge in [-0.05, 0) is 134 Å². The summed E-state index contributed by atoms with van der Waals surface area (Å²) in [4.78, 5) is 43.6. The minimum atomic E-state index is -1.78. The number of nitrogens with zero attached hydrogens (tertiary/aromatic N) is 5. The normalized spacial score (nSPS) is 17.2. The van der Waals surface area contributed by atoms with E-state index in [4.69, 9.17) is 4.74 Å². The van der Waals surface area contributed by atoms with E-state index in [0.29, 0.717) is 41.2 Å². The van der Waals surface area contributed by atoms with Crippen LogP contribution in [0.3, 0.4) is 0 Å². The van der Waals surface area contributed by atoms with E-state index in [9.17, 15) is 29.7 Å². The van der Waals surface area contributed by atoms with Crippen molar-refractivity contribution in [3.63, 3.8) is 0 Å². The van der Waals surface area contributed by atoms with Gasteiger partial charge in [0.15, 0.2) is 5.78 Å². The van der Waals surface area contributed by atoms with E-state index < -0.39 is 17.7 Å². The maximum Gasteiger partial charge on any atom is 0.349 e. The third-order valence-electron chi connectivity index (χ3n) is 12.5. The number of phenolic OH excluding ortho intramolecular Hbond substituents is 1. The van der Waals surface area contributed by atoms with E-state index >= 15 is 0 Å². The molecule has 0 radical (unpaired) electrons. The lowest BCUT2D eigenvalue weighted by atomic mass is 9.61. The first-order chi connectivity index (χ1) is 28.5. The molecule has 2 aliphatic carbocycles. The number of aliphatic hydroxyl groups excluding tert-OH is 1. The first-order valence-corrected chi connectivity index (χ1v) is 22.3. The lowest BCUT2D eigenvalue weighted by molar-refractivity contribution is -0.181. The van der Waals surface area contributed by atoms with Gasteiger partial charge in [-0.3, -0.25) is 9.59 Å². The molecular weight excluding hydrogens is 787 g/mol. The minimum Gasteiger partial charge on any atom is -0.508 e. The summed E-state index contributed by atoms with van der Waals surface area (Å²) in [6.45, 7) is 3.81. The fourth-order valence-corrected chi connectivity index (χ4v) is 10.7. The number of phenols is 1. The van der Waals surface area contributed by atoms with Crippen LogP contribution in [0.2, 0.25) is 0 Å². The van der Waals surface area contributed by atoms with Crippen molar-refractivity contribution in [1.29, 1.82) is 0 Å². The number of fused-ring (bicyclic) bond motifs is 2. The molecule has 1 spiro atoms. The maximum atomic E-state index is 13.4. The summed E-state index contributed by atoms with van der Waals surface area (Å²) in [5, 5.41) is 45.3. The molecule has 1 saturated heterocycles. The van der Waals surface area contributed by atoms with Crippen LogP contribution in [0.25, 0.3) is 17.1 Å². The molecule has 3 aromatic heterocycles. The molecule has 4 heterocycles. The summed E-state index contributed by atoms with van der Waals surface area (Å²) >= 11 is 2.70. The molecule has 1 aliphatic heterocycles. The zero-order chi connectivity index (χ0) is 41.1. The predicted octanol–water partition coefficient (Wildman–Crippen LogP) is 6.42. The van der Waals surface area contributed by atoms with Crippen LogP contribution < -0.4 is 0 Å². The highest BCUT2D eigenvalue weighted by molar-refractivity contribution is 7.12. The second kappa shape index (κ2) is 17.5. The molecule has 14 heteroatoms. The fraction of sp³-hybridized carbons (Fsp3) is 0.444. The number of carbonyl (C=O) groups is 3. The largest absolute Gasteiger partial charge is 0.508 e. The molecule has 0 bridgehead atoms. The third-order valence-corrected chi connectivity index (χ3v) is 14.5. The smallest absolute Gasteiger partial charge is 0.349 e. The Balaban J connectivity index is 0.729. The Hall–Kier alpha value is -4.73. The van der Waals surface area contributed by atoms with Gasteiger partial charge in [0.05, 0.1) is 21.4 Å². The number of amides is 1. The summed E-state index contributed by atoms with van der Waals surface area (Å²) < 4.78 is 7.81. The quantitative estimate of drug-likeness (QED) is 0.0949. The van der Waals surface area contributed by atoms with Gasteiger partial charge in [0.2, 0.25) is 11.5 Å². The molecule has 8 rings (SSSR count). The highest BCUT2D eigenvalue weighted by atomic mass is 32.1. The second-order valence-corrected chi connectivity index (χ2v) is 18.3. The molecule has 1 amide bonds. The van der Waals surface area contributed by atoms with Crippen LogP contribution in [0.4, 0.5) is 0 Å². The Kier molecular flexibility index (Phi) is 12.1. The molecule has 1 atom stereocenters. The van der Waals surface area contributed by atoms with Gasteiger partial charge in [-0.1, -0.05) is 35.6 Å². The van der Waals surface area contributed by atoms with Crippen molar-refractivity contribution < 1.29 is 34.4 Å². The van der Waals surface area contributed by atoms with Gasteiger partial charge >= 0.3 is 5.97 Å². The fourth-order valence-electron chi connectivity index (χ4n) is 8.95. The third kappa shape index (κ3) is 8.78. The van der Waals surface area contributed by atoms with E-state index in [-0.39, 0.29) is 35.4 Å². The maximum absolute atomic E-state index is 13.4. The molecule has 3 aliphatic rings. The summed E-state index contributed by atoms with van der Waals surface area (Å²) in [5.74, 6) is -0.453. The van der Waals surface area contributed by atoms with Gasteiger partial charge in [-0.25, -0.2) is 9.48 Å². The van der Waals surface area contributed by atoms with Gasteiger partial charge < -0.3 is 29.9 Å². The molecule has 3 N–H and O–H groups in total. The van der Waals surface area contributed by atoms with Crippen LogP contribution in [0, 0.1) is 5.41 Å². The van der Waals surface area contributed by atoms with E-state index in [1.54, 1.807) is 35.2 Å². The van der Waals surface area contributed by atoms with Gasteiger partial charge in [0, 0.05) is 45.1 Å². The molecule has 12 nitrogen and oxygen atoms in total. The lowest BCUT2D eigenvalue weighted by Crippen LogP contribution is -2.52.